The maximum absolute atomic E-state index is 12.2. The van der Waals surface area contributed by atoms with Gasteiger partial charge in [-0.1, -0.05) is 23.7 Å². The third kappa shape index (κ3) is 3.99. The van der Waals surface area contributed by atoms with Crippen molar-refractivity contribution >= 4 is 17.4 Å². The molecule has 0 unspecified atom stereocenters. The second-order valence-electron chi connectivity index (χ2n) is 4.62. The highest BCUT2D eigenvalue weighted by Gasteiger charge is 2.11. The van der Waals surface area contributed by atoms with Gasteiger partial charge in [0.25, 0.3) is 0 Å². The molecule has 0 N–H and O–H groups in total. The van der Waals surface area contributed by atoms with Crippen LogP contribution in [0.3, 0.4) is 0 Å². The summed E-state index contributed by atoms with van der Waals surface area (Å²) in [5.41, 5.74) is 1.67. The van der Waals surface area contributed by atoms with E-state index in [1.807, 2.05) is 24.3 Å². The van der Waals surface area contributed by atoms with E-state index in [2.05, 4.69) is 0 Å². The van der Waals surface area contributed by atoms with Gasteiger partial charge in [0.15, 0.2) is 17.3 Å². The summed E-state index contributed by atoms with van der Waals surface area (Å²) < 4.78 is 10.4. The first-order valence-electron chi connectivity index (χ1n) is 6.63. The van der Waals surface area contributed by atoms with E-state index in [-0.39, 0.29) is 5.78 Å². The number of carbonyl (C=O) groups is 1. The predicted octanol–water partition coefficient (Wildman–Crippen LogP) is 4.17. The van der Waals surface area contributed by atoms with E-state index >= 15 is 0 Å². The van der Waals surface area contributed by atoms with Crippen LogP contribution in [0.5, 0.6) is 11.5 Å². The molecule has 3 nitrogen and oxygen atoms in total. The van der Waals surface area contributed by atoms with Crippen LogP contribution in [0.25, 0.3) is 0 Å². The van der Waals surface area contributed by atoms with Gasteiger partial charge in [-0.2, -0.15) is 0 Å². The Kier molecular flexibility index (Phi) is 5.23. The zero-order valence-corrected chi connectivity index (χ0v) is 12.8. The smallest absolute Gasteiger partial charge is 0.163 e. The summed E-state index contributed by atoms with van der Waals surface area (Å²) in [5, 5.41) is 0.686. The molecule has 0 amide bonds. The standard InChI is InChI=1S/C17H17ClO3/c1-20-16-9-7-13(11-17(16)21-2)15(19)8-6-12-4-3-5-14(18)10-12/h3-5,7,9-11H,6,8H2,1-2H3. The average molecular weight is 305 g/mol. The lowest BCUT2D eigenvalue weighted by Gasteiger charge is -2.09. The third-order valence-corrected chi connectivity index (χ3v) is 3.47. The number of ether oxygens (including phenoxy) is 2. The minimum absolute atomic E-state index is 0.0657. The molecule has 0 atom stereocenters. The van der Waals surface area contributed by atoms with Crippen molar-refractivity contribution in [2.45, 2.75) is 12.8 Å². The Hall–Kier alpha value is -2.00. The molecule has 0 radical (unpaired) electrons. The normalized spacial score (nSPS) is 10.2. The van der Waals surface area contributed by atoms with E-state index in [1.54, 1.807) is 32.4 Å². The molecule has 0 saturated heterocycles. The summed E-state index contributed by atoms with van der Waals surface area (Å²) in [6, 6.07) is 12.8. The van der Waals surface area contributed by atoms with E-state index in [4.69, 9.17) is 21.1 Å². The van der Waals surface area contributed by atoms with E-state index in [1.165, 1.54) is 0 Å². The molecule has 110 valence electrons. The molecular formula is C17H17ClO3. The van der Waals surface area contributed by atoms with Crippen LogP contribution in [-0.2, 0) is 6.42 Å². The fourth-order valence-electron chi connectivity index (χ4n) is 2.10. The number of aryl methyl sites for hydroxylation is 1. The Morgan fingerprint density at radius 1 is 1.05 bits per heavy atom. The number of methoxy groups -OCH3 is 2. The zero-order valence-electron chi connectivity index (χ0n) is 12.1. The summed E-state index contributed by atoms with van der Waals surface area (Å²) in [5.74, 6) is 1.24. The predicted molar refractivity (Wildman–Crippen MR) is 83.6 cm³/mol. The number of hydrogen-bond acceptors (Lipinski definition) is 3. The quantitative estimate of drug-likeness (QED) is 0.751. The maximum Gasteiger partial charge on any atom is 0.163 e. The number of rotatable bonds is 6. The van der Waals surface area contributed by atoms with Crippen molar-refractivity contribution in [1.29, 1.82) is 0 Å². The molecule has 0 aliphatic rings. The third-order valence-electron chi connectivity index (χ3n) is 3.24. The van der Waals surface area contributed by atoms with Crippen molar-refractivity contribution in [2.24, 2.45) is 0 Å². The van der Waals surface area contributed by atoms with Crippen LogP contribution >= 0.6 is 11.6 Å². The highest BCUT2D eigenvalue weighted by Crippen LogP contribution is 2.28. The fraction of sp³-hybridized carbons (Fsp3) is 0.235. The lowest BCUT2D eigenvalue weighted by atomic mass is 10.0. The fourth-order valence-corrected chi connectivity index (χ4v) is 2.32. The molecule has 21 heavy (non-hydrogen) atoms. The van der Waals surface area contributed by atoms with E-state index in [9.17, 15) is 4.79 Å². The minimum atomic E-state index is 0.0657. The van der Waals surface area contributed by atoms with Gasteiger partial charge in [-0.15, -0.1) is 0 Å². The molecule has 0 fully saturated rings. The summed E-state index contributed by atoms with van der Waals surface area (Å²) in [6.07, 6.45) is 1.09. The Morgan fingerprint density at radius 2 is 1.81 bits per heavy atom. The first-order valence-corrected chi connectivity index (χ1v) is 7.01. The summed E-state index contributed by atoms with van der Waals surface area (Å²) in [4.78, 5) is 12.2. The van der Waals surface area contributed by atoms with Gasteiger partial charge in [-0.05, 0) is 42.3 Å². The van der Waals surface area contributed by atoms with Crippen molar-refractivity contribution < 1.29 is 14.3 Å². The molecule has 0 aromatic heterocycles. The summed E-state index contributed by atoms with van der Waals surface area (Å²) in [7, 11) is 3.12. The van der Waals surface area contributed by atoms with Gasteiger partial charge < -0.3 is 9.47 Å². The molecule has 0 spiro atoms. The van der Waals surface area contributed by atoms with Crippen molar-refractivity contribution in [2.75, 3.05) is 14.2 Å². The second-order valence-corrected chi connectivity index (χ2v) is 5.06. The lowest BCUT2D eigenvalue weighted by Crippen LogP contribution is -2.02. The molecular weight excluding hydrogens is 288 g/mol. The molecule has 2 aromatic rings. The Balaban J connectivity index is 2.06. The molecule has 0 bridgehead atoms. The molecule has 0 saturated carbocycles. The molecule has 2 rings (SSSR count). The second kappa shape index (κ2) is 7.14. The van der Waals surface area contributed by atoms with Crippen LogP contribution in [0.2, 0.25) is 5.02 Å². The van der Waals surface area contributed by atoms with Crippen LogP contribution in [-0.4, -0.2) is 20.0 Å². The highest BCUT2D eigenvalue weighted by molar-refractivity contribution is 6.30. The van der Waals surface area contributed by atoms with Crippen LogP contribution in [0, 0.1) is 0 Å². The molecule has 2 aromatic carbocycles. The van der Waals surface area contributed by atoms with E-state index < -0.39 is 0 Å². The Morgan fingerprint density at radius 3 is 2.48 bits per heavy atom. The van der Waals surface area contributed by atoms with E-state index in [0.29, 0.717) is 34.9 Å². The van der Waals surface area contributed by atoms with Crippen molar-refractivity contribution in [1.82, 2.24) is 0 Å². The van der Waals surface area contributed by atoms with Gasteiger partial charge >= 0.3 is 0 Å². The van der Waals surface area contributed by atoms with Crippen molar-refractivity contribution in [3.8, 4) is 11.5 Å². The first-order chi connectivity index (χ1) is 10.1. The Bertz CT molecular complexity index is 638. The van der Waals surface area contributed by atoms with Gasteiger partial charge in [0.2, 0.25) is 0 Å². The van der Waals surface area contributed by atoms with Gasteiger partial charge in [-0.25, -0.2) is 0 Å². The van der Waals surface area contributed by atoms with Crippen LogP contribution in [0.1, 0.15) is 22.3 Å². The van der Waals surface area contributed by atoms with Crippen molar-refractivity contribution in [3.63, 3.8) is 0 Å². The number of halogens is 1. The first kappa shape index (κ1) is 15.4. The lowest BCUT2D eigenvalue weighted by molar-refractivity contribution is 0.0982. The highest BCUT2D eigenvalue weighted by atomic mass is 35.5. The number of ketones is 1. The molecule has 0 aliphatic heterocycles. The van der Waals surface area contributed by atoms with E-state index in [0.717, 1.165) is 5.56 Å². The summed E-state index contributed by atoms with van der Waals surface area (Å²) in [6.45, 7) is 0. The number of hydrogen-bond donors (Lipinski definition) is 0. The van der Waals surface area contributed by atoms with Crippen LogP contribution < -0.4 is 9.47 Å². The molecule has 4 heteroatoms. The largest absolute Gasteiger partial charge is 0.493 e. The van der Waals surface area contributed by atoms with Crippen LogP contribution in [0.15, 0.2) is 42.5 Å². The number of benzene rings is 2. The molecule has 0 aliphatic carbocycles. The average Bonchev–Trinajstić information content (AvgIpc) is 2.52. The molecule has 0 heterocycles. The van der Waals surface area contributed by atoms with Gasteiger partial charge in [0.1, 0.15) is 0 Å². The van der Waals surface area contributed by atoms with Gasteiger partial charge in [0.05, 0.1) is 14.2 Å². The van der Waals surface area contributed by atoms with Gasteiger partial charge in [-0.3, -0.25) is 4.79 Å². The van der Waals surface area contributed by atoms with Crippen LogP contribution in [0.4, 0.5) is 0 Å². The zero-order chi connectivity index (χ0) is 15.2. The van der Waals surface area contributed by atoms with Crippen molar-refractivity contribution in [3.05, 3.63) is 58.6 Å². The topological polar surface area (TPSA) is 35.5 Å². The monoisotopic (exact) mass is 304 g/mol. The SMILES string of the molecule is COc1ccc(C(=O)CCc2cccc(Cl)c2)cc1OC. The van der Waals surface area contributed by atoms with Gasteiger partial charge in [0, 0.05) is 17.0 Å². The summed E-state index contributed by atoms with van der Waals surface area (Å²) >= 11 is 5.93. The number of carbonyl (C=O) groups excluding carboxylic acids is 1. The minimum Gasteiger partial charge on any atom is -0.493 e. The maximum atomic E-state index is 12.2. The Labute approximate surface area is 129 Å². The number of Topliss-reactive ketones (excluding diaryl/α,β-unsaturated/α-hetero) is 1.